The quantitative estimate of drug-likeness (QED) is 0.534. The largest absolute Gasteiger partial charge is 0.310 e. The van der Waals surface area contributed by atoms with Crippen LogP contribution in [0, 0.1) is 25.2 Å². The highest BCUT2D eigenvalue weighted by Gasteiger charge is 2.32. The van der Waals surface area contributed by atoms with Gasteiger partial charge in [-0.3, -0.25) is 9.36 Å². The Bertz CT molecular complexity index is 1350. The van der Waals surface area contributed by atoms with Crippen LogP contribution in [0.3, 0.4) is 0 Å². The van der Waals surface area contributed by atoms with Crippen molar-refractivity contribution < 1.29 is 13.2 Å². The van der Waals surface area contributed by atoms with Crippen molar-refractivity contribution in [2.75, 3.05) is 22.6 Å². The minimum atomic E-state index is -3.03. The number of carbonyl (C=O) groups excluding carboxylic acids is 1. The third kappa shape index (κ3) is 4.54. The van der Waals surface area contributed by atoms with Gasteiger partial charge in [0, 0.05) is 24.3 Å². The summed E-state index contributed by atoms with van der Waals surface area (Å²) in [5, 5.41) is 21.5. The monoisotopic (exact) mass is 484 g/mol. The molecule has 0 aliphatic carbocycles. The molecule has 1 unspecified atom stereocenters. The Hall–Kier alpha value is -3.10. The van der Waals surface area contributed by atoms with Crippen molar-refractivity contribution in [3.8, 4) is 11.8 Å². The van der Waals surface area contributed by atoms with Gasteiger partial charge in [0.15, 0.2) is 15.0 Å². The summed E-state index contributed by atoms with van der Waals surface area (Å²) in [4.78, 5) is 12.8. The van der Waals surface area contributed by atoms with Crippen LogP contribution < -0.4 is 5.32 Å². The first kappa shape index (κ1) is 23.1. The van der Waals surface area contributed by atoms with E-state index < -0.39 is 9.84 Å². The van der Waals surface area contributed by atoms with Crippen LogP contribution in [0.5, 0.6) is 0 Å². The number of nitrogens with one attached hydrogen (secondary N) is 1. The Kier molecular flexibility index (Phi) is 6.32. The number of hydrogen-bond donors (Lipinski definition) is 1. The van der Waals surface area contributed by atoms with E-state index >= 15 is 0 Å². The standard InChI is InChI=1S/C22H24N6O3S2/c1-14-15(2)28(17-7-5-4-6-8-17)21(18(14)11-23)24-19(29)12-32-22-26-25-20(27(22)3)16-9-10-33(30,31)13-16/h4-8,16H,9-10,12-13H2,1-3H3,(H,24,29). The second-order valence-corrected chi connectivity index (χ2v) is 11.2. The normalized spacial score (nSPS) is 17.1. The highest BCUT2D eigenvalue weighted by molar-refractivity contribution is 7.99. The fourth-order valence-electron chi connectivity index (χ4n) is 4.06. The second kappa shape index (κ2) is 9.03. The number of para-hydroxylation sites is 1. The number of nitriles is 1. The molecule has 11 heteroatoms. The minimum absolute atomic E-state index is 0.0673. The molecule has 0 bridgehead atoms. The van der Waals surface area contributed by atoms with Crippen LogP contribution in [-0.4, -0.2) is 50.9 Å². The summed E-state index contributed by atoms with van der Waals surface area (Å²) < 4.78 is 27.2. The highest BCUT2D eigenvalue weighted by Crippen LogP contribution is 2.31. The fourth-order valence-corrected chi connectivity index (χ4v) is 6.52. The molecule has 172 valence electrons. The van der Waals surface area contributed by atoms with E-state index in [1.807, 2.05) is 48.7 Å². The van der Waals surface area contributed by atoms with E-state index in [2.05, 4.69) is 21.6 Å². The average molecular weight is 485 g/mol. The van der Waals surface area contributed by atoms with Gasteiger partial charge in [0.2, 0.25) is 5.91 Å². The number of rotatable bonds is 6. The molecule has 1 aliphatic heterocycles. The second-order valence-electron chi connectivity index (χ2n) is 8.05. The summed E-state index contributed by atoms with van der Waals surface area (Å²) in [7, 11) is -1.25. The smallest absolute Gasteiger partial charge is 0.236 e. The van der Waals surface area contributed by atoms with Crippen LogP contribution in [-0.2, 0) is 21.7 Å². The maximum atomic E-state index is 12.8. The fraction of sp³-hybridized carbons (Fsp3) is 0.364. The summed E-state index contributed by atoms with van der Waals surface area (Å²) in [5.41, 5.74) is 2.98. The van der Waals surface area contributed by atoms with Gasteiger partial charge < -0.3 is 9.88 Å². The number of thioether (sulfide) groups is 1. The van der Waals surface area contributed by atoms with Gasteiger partial charge in [-0.1, -0.05) is 30.0 Å². The SMILES string of the molecule is Cc1c(C#N)c(NC(=O)CSc2nnc(C3CCS(=O)(=O)C3)n2C)n(-c2ccccc2)c1C. The van der Waals surface area contributed by atoms with Crippen LogP contribution in [0.15, 0.2) is 35.5 Å². The maximum Gasteiger partial charge on any atom is 0.236 e. The zero-order valence-electron chi connectivity index (χ0n) is 18.6. The lowest BCUT2D eigenvalue weighted by atomic mass is 10.1. The van der Waals surface area contributed by atoms with E-state index in [0.29, 0.717) is 28.8 Å². The summed E-state index contributed by atoms with van der Waals surface area (Å²) in [6, 6.07) is 11.8. The van der Waals surface area contributed by atoms with Gasteiger partial charge in [0.25, 0.3) is 0 Å². The number of hydrogen-bond acceptors (Lipinski definition) is 7. The molecule has 1 fully saturated rings. The third-order valence-electron chi connectivity index (χ3n) is 5.90. The molecule has 3 aromatic rings. The van der Waals surface area contributed by atoms with Crippen molar-refractivity contribution in [1.82, 2.24) is 19.3 Å². The number of benzene rings is 1. The summed E-state index contributed by atoms with van der Waals surface area (Å²) >= 11 is 1.22. The molecule has 1 atom stereocenters. The molecule has 4 rings (SSSR count). The number of sulfone groups is 1. The van der Waals surface area contributed by atoms with Gasteiger partial charge in [0.1, 0.15) is 17.7 Å². The zero-order chi connectivity index (χ0) is 23.8. The molecule has 0 saturated carbocycles. The average Bonchev–Trinajstić information content (AvgIpc) is 3.41. The molecular formula is C22H24N6O3S2. The first-order chi connectivity index (χ1) is 15.7. The lowest BCUT2D eigenvalue weighted by Crippen LogP contribution is -2.18. The van der Waals surface area contributed by atoms with Gasteiger partial charge in [-0.05, 0) is 38.0 Å². The predicted octanol–water partition coefficient (Wildman–Crippen LogP) is 2.73. The first-order valence-electron chi connectivity index (χ1n) is 10.4. The molecule has 1 amide bonds. The lowest BCUT2D eigenvalue weighted by molar-refractivity contribution is -0.113. The molecule has 1 saturated heterocycles. The topological polar surface area (TPSA) is 123 Å². The zero-order valence-corrected chi connectivity index (χ0v) is 20.2. The van der Waals surface area contributed by atoms with E-state index in [9.17, 15) is 18.5 Å². The van der Waals surface area contributed by atoms with Crippen LogP contribution >= 0.6 is 11.8 Å². The Morgan fingerprint density at radius 2 is 2.00 bits per heavy atom. The van der Waals surface area contributed by atoms with Gasteiger partial charge >= 0.3 is 0 Å². The molecule has 33 heavy (non-hydrogen) atoms. The number of carbonyl (C=O) groups is 1. The van der Waals surface area contributed by atoms with Crippen LogP contribution in [0.1, 0.15) is 35.0 Å². The van der Waals surface area contributed by atoms with Crippen molar-refractivity contribution in [3.63, 3.8) is 0 Å². The van der Waals surface area contributed by atoms with Crippen LogP contribution in [0.4, 0.5) is 5.82 Å². The number of aromatic nitrogens is 4. The van der Waals surface area contributed by atoms with Crippen LogP contribution in [0.2, 0.25) is 0 Å². The van der Waals surface area contributed by atoms with Crippen molar-refractivity contribution in [3.05, 3.63) is 53.0 Å². The van der Waals surface area contributed by atoms with E-state index in [4.69, 9.17) is 0 Å². The molecule has 0 spiro atoms. The minimum Gasteiger partial charge on any atom is -0.310 e. The molecule has 3 heterocycles. The molecule has 1 N–H and O–H groups in total. The van der Waals surface area contributed by atoms with Crippen molar-refractivity contribution in [1.29, 1.82) is 5.26 Å². The van der Waals surface area contributed by atoms with E-state index in [-0.39, 0.29) is 29.1 Å². The number of anilines is 1. The Balaban J connectivity index is 1.51. The van der Waals surface area contributed by atoms with Crippen molar-refractivity contribution >= 4 is 33.3 Å². The summed E-state index contributed by atoms with van der Waals surface area (Å²) in [6.45, 7) is 3.78. The molecule has 2 aromatic heterocycles. The van der Waals surface area contributed by atoms with E-state index in [1.165, 1.54) is 11.8 Å². The Morgan fingerprint density at radius 1 is 1.27 bits per heavy atom. The third-order valence-corrected chi connectivity index (χ3v) is 8.68. The van der Waals surface area contributed by atoms with Gasteiger partial charge in [-0.15, -0.1) is 10.2 Å². The molecule has 1 aromatic carbocycles. The van der Waals surface area contributed by atoms with Crippen LogP contribution in [0.25, 0.3) is 5.69 Å². The van der Waals surface area contributed by atoms with Gasteiger partial charge in [0.05, 0.1) is 22.8 Å². The van der Waals surface area contributed by atoms with Gasteiger partial charge in [-0.25, -0.2) is 8.42 Å². The summed E-state index contributed by atoms with van der Waals surface area (Å²) in [5.74, 6) is 0.923. The van der Waals surface area contributed by atoms with Gasteiger partial charge in [-0.2, -0.15) is 5.26 Å². The molecule has 1 aliphatic rings. The predicted molar refractivity (Wildman–Crippen MR) is 126 cm³/mol. The molecule has 9 nitrogen and oxygen atoms in total. The van der Waals surface area contributed by atoms with Crippen molar-refractivity contribution in [2.45, 2.75) is 31.3 Å². The maximum absolute atomic E-state index is 12.8. The molecule has 0 radical (unpaired) electrons. The van der Waals surface area contributed by atoms with E-state index in [1.54, 1.807) is 11.6 Å². The van der Waals surface area contributed by atoms with E-state index in [0.717, 1.165) is 16.9 Å². The first-order valence-corrected chi connectivity index (χ1v) is 13.2. The Labute approximate surface area is 196 Å². The highest BCUT2D eigenvalue weighted by atomic mass is 32.2. The summed E-state index contributed by atoms with van der Waals surface area (Å²) in [6.07, 6.45) is 0.533. The molecular weight excluding hydrogens is 460 g/mol. The number of amides is 1. The Morgan fingerprint density at radius 3 is 2.64 bits per heavy atom. The number of nitrogens with zero attached hydrogens (tertiary/aromatic N) is 5. The lowest BCUT2D eigenvalue weighted by Gasteiger charge is -2.13. The van der Waals surface area contributed by atoms with Crippen molar-refractivity contribution in [2.24, 2.45) is 7.05 Å².